The lowest BCUT2D eigenvalue weighted by atomic mass is 9.57. The number of aliphatic imine (C=N–C) groups is 1. The smallest absolute Gasteiger partial charge is 0.191 e. The molecule has 3 unspecified atom stereocenters. The normalized spacial score (nSPS) is 25.2. The highest BCUT2D eigenvalue weighted by molar-refractivity contribution is 14.0. The molecule has 1 aliphatic heterocycles. The van der Waals surface area contributed by atoms with Gasteiger partial charge in [0.15, 0.2) is 5.96 Å². The van der Waals surface area contributed by atoms with Gasteiger partial charge in [-0.25, -0.2) is 0 Å². The van der Waals surface area contributed by atoms with Crippen molar-refractivity contribution in [2.24, 2.45) is 16.3 Å². The summed E-state index contributed by atoms with van der Waals surface area (Å²) >= 11 is 0. The molecule has 2 fully saturated rings. The van der Waals surface area contributed by atoms with Gasteiger partial charge in [0, 0.05) is 54.2 Å². The maximum absolute atomic E-state index is 5.93. The molecule has 160 valence electrons. The van der Waals surface area contributed by atoms with Crippen LogP contribution < -0.4 is 10.6 Å². The second-order valence-electron chi connectivity index (χ2n) is 8.71. The number of H-pyrrole nitrogens is 1. The van der Waals surface area contributed by atoms with Crippen LogP contribution >= 0.6 is 24.0 Å². The number of nitrogens with zero attached hydrogens (tertiary/aromatic N) is 1. The van der Waals surface area contributed by atoms with Crippen molar-refractivity contribution in [2.75, 3.05) is 19.7 Å². The number of para-hydroxylation sites is 1. The monoisotopic (exact) mass is 510 g/mol. The SMILES string of the molecule is CCNC(=NCCc1c[nH]c2c(CC)cccc12)NC1C2CCOC2C1(C)C.I. The Kier molecular flexibility index (Phi) is 7.14. The first-order valence-corrected chi connectivity index (χ1v) is 10.8. The molecule has 1 aliphatic carbocycles. The first-order valence-electron chi connectivity index (χ1n) is 10.8. The number of hydrogen-bond acceptors (Lipinski definition) is 2. The molecule has 29 heavy (non-hydrogen) atoms. The van der Waals surface area contributed by atoms with Gasteiger partial charge < -0.3 is 20.4 Å². The van der Waals surface area contributed by atoms with Crippen LogP contribution in [-0.2, 0) is 17.6 Å². The fraction of sp³-hybridized carbons (Fsp3) is 0.609. The Morgan fingerprint density at radius 1 is 1.28 bits per heavy atom. The standard InChI is InChI=1S/C23H34N4O.HI/c1-5-15-8-7-9-17-16(14-26-19(15)17)10-12-25-22(24-6-2)27-20-18-11-13-28-21(18)23(20,3)4;/h7-9,14,18,20-21,26H,5-6,10-13H2,1-4H3,(H2,24,25,27);1H. The Hall–Kier alpha value is -1.28. The van der Waals surface area contributed by atoms with Crippen LogP contribution in [0, 0.1) is 11.3 Å². The lowest BCUT2D eigenvalue weighted by Crippen LogP contribution is -2.68. The van der Waals surface area contributed by atoms with E-state index in [1.54, 1.807) is 0 Å². The van der Waals surface area contributed by atoms with Crippen molar-refractivity contribution in [1.29, 1.82) is 0 Å². The number of guanidine groups is 1. The number of benzene rings is 1. The van der Waals surface area contributed by atoms with Crippen LogP contribution in [-0.4, -0.2) is 42.8 Å². The van der Waals surface area contributed by atoms with Gasteiger partial charge in [0.25, 0.3) is 0 Å². The van der Waals surface area contributed by atoms with Gasteiger partial charge in [-0.05, 0) is 37.3 Å². The summed E-state index contributed by atoms with van der Waals surface area (Å²) in [6.45, 7) is 11.5. The second kappa shape index (κ2) is 9.25. The van der Waals surface area contributed by atoms with Crippen molar-refractivity contribution in [1.82, 2.24) is 15.6 Å². The minimum absolute atomic E-state index is 0. The summed E-state index contributed by atoms with van der Waals surface area (Å²) in [6.07, 6.45) is 5.68. The van der Waals surface area contributed by atoms with Crippen molar-refractivity contribution in [3.63, 3.8) is 0 Å². The molecule has 0 bridgehead atoms. The highest BCUT2D eigenvalue weighted by atomic mass is 127. The Morgan fingerprint density at radius 3 is 2.86 bits per heavy atom. The number of aromatic nitrogens is 1. The van der Waals surface area contributed by atoms with Crippen molar-refractivity contribution >= 4 is 40.8 Å². The van der Waals surface area contributed by atoms with Gasteiger partial charge in [-0.15, -0.1) is 24.0 Å². The van der Waals surface area contributed by atoms with Crippen LogP contribution in [0.3, 0.4) is 0 Å². The van der Waals surface area contributed by atoms with Crippen molar-refractivity contribution in [3.05, 3.63) is 35.5 Å². The zero-order valence-electron chi connectivity index (χ0n) is 18.0. The Bertz CT molecular complexity index is 860. The molecule has 6 heteroatoms. The Balaban J connectivity index is 0.00000240. The molecule has 0 spiro atoms. The molecule has 2 aromatic rings. The van der Waals surface area contributed by atoms with E-state index in [0.717, 1.165) is 44.9 Å². The minimum Gasteiger partial charge on any atom is -0.377 e. The van der Waals surface area contributed by atoms with Gasteiger partial charge in [0.05, 0.1) is 6.10 Å². The summed E-state index contributed by atoms with van der Waals surface area (Å²) in [5.41, 5.74) is 4.16. The van der Waals surface area contributed by atoms with Crippen molar-refractivity contribution in [2.45, 2.75) is 59.1 Å². The van der Waals surface area contributed by atoms with Gasteiger partial charge in [-0.3, -0.25) is 4.99 Å². The third-order valence-corrected chi connectivity index (χ3v) is 6.66. The number of halogens is 1. The molecule has 1 saturated carbocycles. The first kappa shape index (κ1) is 22.4. The number of ether oxygens (including phenoxy) is 1. The van der Waals surface area contributed by atoms with Crippen molar-refractivity contribution in [3.8, 4) is 0 Å². The molecule has 2 aliphatic rings. The summed E-state index contributed by atoms with van der Waals surface area (Å²) in [5.74, 6) is 1.54. The van der Waals surface area contributed by atoms with E-state index in [9.17, 15) is 0 Å². The van der Waals surface area contributed by atoms with E-state index in [-0.39, 0.29) is 29.4 Å². The van der Waals surface area contributed by atoms with Crippen LogP contribution in [0.15, 0.2) is 29.4 Å². The third-order valence-electron chi connectivity index (χ3n) is 6.66. The number of fused-ring (bicyclic) bond motifs is 2. The lowest BCUT2D eigenvalue weighted by molar-refractivity contribution is -0.106. The lowest BCUT2D eigenvalue weighted by Gasteiger charge is -2.54. The molecule has 5 nitrogen and oxygen atoms in total. The Labute approximate surface area is 191 Å². The highest BCUT2D eigenvalue weighted by Crippen LogP contribution is 2.52. The maximum atomic E-state index is 5.93. The molecule has 3 atom stereocenters. The first-order chi connectivity index (χ1) is 13.6. The van der Waals surface area contributed by atoms with Crippen LogP contribution in [0.4, 0.5) is 0 Å². The van der Waals surface area contributed by atoms with E-state index in [1.807, 2.05) is 0 Å². The topological polar surface area (TPSA) is 61.4 Å². The van der Waals surface area contributed by atoms with Gasteiger partial charge in [0.1, 0.15) is 0 Å². The number of aryl methyl sites for hydroxylation is 1. The molecule has 0 radical (unpaired) electrons. The third kappa shape index (κ3) is 4.15. The maximum Gasteiger partial charge on any atom is 0.191 e. The van der Waals surface area contributed by atoms with E-state index in [4.69, 9.17) is 9.73 Å². The average molecular weight is 510 g/mol. The number of nitrogens with one attached hydrogen (secondary N) is 3. The largest absolute Gasteiger partial charge is 0.377 e. The zero-order chi connectivity index (χ0) is 19.7. The van der Waals surface area contributed by atoms with Crippen LogP contribution in [0.2, 0.25) is 0 Å². The summed E-state index contributed by atoms with van der Waals surface area (Å²) in [6, 6.07) is 7.00. The number of rotatable bonds is 6. The quantitative estimate of drug-likeness (QED) is 0.309. The minimum atomic E-state index is 0. The molecular formula is C23H35IN4O. The summed E-state index contributed by atoms with van der Waals surface area (Å²) in [5, 5.41) is 8.46. The zero-order valence-corrected chi connectivity index (χ0v) is 20.4. The average Bonchev–Trinajstić information content (AvgIpc) is 3.32. The van der Waals surface area contributed by atoms with Gasteiger partial charge in [-0.1, -0.05) is 39.0 Å². The number of hydrogen-bond donors (Lipinski definition) is 3. The van der Waals surface area contributed by atoms with Crippen molar-refractivity contribution < 1.29 is 4.74 Å². The summed E-state index contributed by atoms with van der Waals surface area (Å²) in [4.78, 5) is 8.34. The van der Waals surface area contributed by atoms with Gasteiger partial charge in [0.2, 0.25) is 0 Å². The molecule has 2 heterocycles. The molecule has 4 rings (SSSR count). The Morgan fingerprint density at radius 2 is 2.10 bits per heavy atom. The van der Waals surface area contributed by atoms with E-state index >= 15 is 0 Å². The van der Waals surface area contributed by atoms with E-state index < -0.39 is 0 Å². The van der Waals surface area contributed by atoms with Gasteiger partial charge >= 0.3 is 0 Å². The molecule has 1 aromatic heterocycles. The fourth-order valence-corrected chi connectivity index (χ4v) is 5.15. The molecule has 1 saturated heterocycles. The predicted octanol–water partition coefficient (Wildman–Crippen LogP) is 4.26. The van der Waals surface area contributed by atoms with Crippen LogP contribution in [0.25, 0.3) is 10.9 Å². The van der Waals surface area contributed by atoms with Crippen LogP contribution in [0.5, 0.6) is 0 Å². The summed E-state index contributed by atoms with van der Waals surface area (Å²) < 4.78 is 5.93. The van der Waals surface area contributed by atoms with E-state index in [1.165, 1.54) is 22.0 Å². The predicted molar refractivity (Wildman–Crippen MR) is 131 cm³/mol. The van der Waals surface area contributed by atoms with E-state index in [2.05, 4.69) is 67.7 Å². The molecule has 1 aromatic carbocycles. The summed E-state index contributed by atoms with van der Waals surface area (Å²) in [7, 11) is 0. The fourth-order valence-electron chi connectivity index (χ4n) is 5.15. The van der Waals surface area contributed by atoms with Gasteiger partial charge in [-0.2, -0.15) is 0 Å². The highest BCUT2D eigenvalue weighted by Gasteiger charge is 2.59. The molecule has 3 N–H and O–H groups in total. The second-order valence-corrected chi connectivity index (χ2v) is 8.71. The molecule has 0 amide bonds. The van der Waals surface area contributed by atoms with E-state index in [0.29, 0.717) is 18.1 Å². The molecular weight excluding hydrogens is 475 g/mol. The van der Waals surface area contributed by atoms with Crippen LogP contribution in [0.1, 0.15) is 45.2 Å². The number of aromatic amines is 1.